The number of nitrogens with zero attached hydrogens (tertiary/aromatic N) is 3. The number of hydrogen-bond acceptors (Lipinski definition) is 5. The van der Waals surface area contributed by atoms with Gasteiger partial charge in [-0.15, -0.1) is 5.10 Å². The molecular weight excluding hydrogens is 206 g/mol. The second kappa shape index (κ2) is 4.98. The number of anilines is 1. The fourth-order valence-corrected chi connectivity index (χ4v) is 1.89. The van der Waals surface area contributed by atoms with E-state index in [0.29, 0.717) is 5.92 Å². The van der Waals surface area contributed by atoms with Gasteiger partial charge in [-0.25, -0.2) is 4.98 Å². The van der Waals surface area contributed by atoms with Gasteiger partial charge in [-0.1, -0.05) is 6.92 Å². The van der Waals surface area contributed by atoms with E-state index in [-0.39, 0.29) is 17.9 Å². The van der Waals surface area contributed by atoms with Gasteiger partial charge in [-0.05, 0) is 25.3 Å². The fourth-order valence-electron chi connectivity index (χ4n) is 1.89. The van der Waals surface area contributed by atoms with Crippen molar-refractivity contribution in [2.45, 2.75) is 25.8 Å². The van der Waals surface area contributed by atoms with Crippen LogP contribution >= 0.6 is 0 Å². The molecule has 1 aromatic heterocycles. The second-order valence-corrected chi connectivity index (χ2v) is 4.01. The number of carbonyl (C=O) groups is 1. The molecule has 6 nitrogen and oxygen atoms in total. The number of carbonyl (C=O) groups excluding carboxylic acids is 1. The molecule has 1 amide bonds. The fraction of sp³-hybridized carbons (Fsp3) is 0.600. The second-order valence-electron chi connectivity index (χ2n) is 4.01. The monoisotopic (exact) mass is 221 g/mol. The van der Waals surface area contributed by atoms with E-state index in [0.717, 1.165) is 19.4 Å². The van der Waals surface area contributed by atoms with Crippen LogP contribution in [-0.2, 0) is 4.79 Å². The molecule has 2 unspecified atom stereocenters. The van der Waals surface area contributed by atoms with Gasteiger partial charge in [0, 0.05) is 0 Å². The molecule has 0 bridgehead atoms. The topological polar surface area (TPSA) is 79.8 Å². The number of nitrogens with one attached hydrogen (secondary N) is 2. The Bertz CT molecular complexity index is 355. The molecule has 0 saturated carbocycles. The van der Waals surface area contributed by atoms with Crippen LogP contribution < -0.4 is 10.6 Å². The first-order chi connectivity index (χ1) is 7.77. The molecule has 1 aliphatic heterocycles. The van der Waals surface area contributed by atoms with Crippen molar-refractivity contribution in [3.05, 3.63) is 12.4 Å². The molecular formula is C10H15N5O. The van der Waals surface area contributed by atoms with Gasteiger partial charge in [-0.2, -0.15) is 5.10 Å². The molecule has 2 rings (SSSR count). The molecule has 16 heavy (non-hydrogen) atoms. The third kappa shape index (κ3) is 2.52. The molecule has 2 N–H and O–H groups in total. The Labute approximate surface area is 93.9 Å². The minimum Gasteiger partial charge on any atom is -0.306 e. The zero-order valence-corrected chi connectivity index (χ0v) is 9.18. The third-order valence-electron chi connectivity index (χ3n) is 2.77. The number of rotatable bonds is 2. The maximum Gasteiger partial charge on any atom is 0.249 e. The van der Waals surface area contributed by atoms with Gasteiger partial charge in [0.05, 0.1) is 18.4 Å². The average Bonchev–Trinajstić information content (AvgIpc) is 2.31. The highest BCUT2D eigenvalue weighted by atomic mass is 16.2. The van der Waals surface area contributed by atoms with Gasteiger partial charge in [0.15, 0.2) is 0 Å². The van der Waals surface area contributed by atoms with Gasteiger partial charge in [0.25, 0.3) is 0 Å². The van der Waals surface area contributed by atoms with Crippen LogP contribution in [0.5, 0.6) is 0 Å². The zero-order valence-electron chi connectivity index (χ0n) is 9.18. The maximum atomic E-state index is 11.9. The highest BCUT2D eigenvalue weighted by Crippen LogP contribution is 2.16. The molecule has 0 radical (unpaired) electrons. The van der Waals surface area contributed by atoms with Crippen LogP contribution in [0.15, 0.2) is 12.4 Å². The van der Waals surface area contributed by atoms with Crippen molar-refractivity contribution in [2.24, 2.45) is 5.92 Å². The predicted molar refractivity (Wildman–Crippen MR) is 58.6 cm³/mol. The normalized spacial score (nSPS) is 25.1. The third-order valence-corrected chi connectivity index (χ3v) is 2.77. The summed E-state index contributed by atoms with van der Waals surface area (Å²) < 4.78 is 0. The SMILES string of the molecule is CC1CCCNC1C(=O)Nc1nccnn1. The lowest BCUT2D eigenvalue weighted by Crippen LogP contribution is -2.48. The maximum absolute atomic E-state index is 11.9. The largest absolute Gasteiger partial charge is 0.306 e. The summed E-state index contributed by atoms with van der Waals surface area (Å²) in [5, 5.41) is 13.2. The van der Waals surface area contributed by atoms with Crippen molar-refractivity contribution in [1.82, 2.24) is 20.5 Å². The van der Waals surface area contributed by atoms with E-state index in [1.165, 1.54) is 12.4 Å². The summed E-state index contributed by atoms with van der Waals surface area (Å²) in [4.78, 5) is 15.8. The Morgan fingerprint density at radius 3 is 3.12 bits per heavy atom. The molecule has 1 fully saturated rings. The first kappa shape index (κ1) is 10.9. The Kier molecular flexibility index (Phi) is 3.40. The van der Waals surface area contributed by atoms with Gasteiger partial charge in [0.1, 0.15) is 0 Å². The molecule has 1 aromatic rings. The van der Waals surface area contributed by atoms with Gasteiger partial charge >= 0.3 is 0 Å². The quantitative estimate of drug-likeness (QED) is 0.745. The van der Waals surface area contributed by atoms with E-state index >= 15 is 0 Å². The van der Waals surface area contributed by atoms with E-state index in [2.05, 4.69) is 32.7 Å². The molecule has 86 valence electrons. The number of hydrogen-bond donors (Lipinski definition) is 2. The smallest absolute Gasteiger partial charge is 0.249 e. The average molecular weight is 221 g/mol. The minimum atomic E-state index is -0.155. The Balaban J connectivity index is 1.97. The molecule has 2 atom stereocenters. The molecule has 2 heterocycles. The van der Waals surface area contributed by atoms with Gasteiger partial charge in [0.2, 0.25) is 11.9 Å². The van der Waals surface area contributed by atoms with Gasteiger partial charge < -0.3 is 5.32 Å². The lowest BCUT2D eigenvalue weighted by Gasteiger charge is -2.28. The molecule has 1 aliphatic rings. The van der Waals surface area contributed by atoms with Crippen molar-refractivity contribution < 1.29 is 4.79 Å². The lowest BCUT2D eigenvalue weighted by molar-refractivity contribution is -0.119. The van der Waals surface area contributed by atoms with E-state index < -0.39 is 0 Å². The summed E-state index contributed by atoms with van der Waals surface area (Å²) in [7, 11) is 0. The molecule has 0 aromatic carbocycles. The highest BCUT2D eigenvalue weighted by molar-refractivity contribution is 5.93. The Morgan fingerprint density at radius 1 is 1.56 bits per heavy atom. The molecule has 0 aliphatic carbocycles. The molecule has 1 saturated heterocycles. The molecule has 0 spiro atoms. The summed E-state index contributed by atoms with van der Waals surface area (Å²) >= 11 is 0. The first-order valence-corrected chi connectivity index (χ1v) is 5.45. The van der Waals surface area contributed by atoms with E-state index in [9.17, 15) is 4.79 Å². The Hall–Kier alpha value is -1.56. The number of piperidine rings is 1. The van der Waals surface area contributed by atoms with Crippen LogP contribution in [-0.4, -0.2) is 33.7 Å². The van der Waals surface area contributed by atoms with Crippen molar-refractivity contribution >= 4 is 11.9 Å². The minimum absolute atomic E-state index is 0.0831. The van der Waals surface area contributed by atoms with Crippen LogP contribution in [0.3, 0.4) is 0 Å². The van der Waals surface area contributed by atoms with E-state index in [1.807, 2.05) is 0 Å². The molecule has 6 heteroatoms. The van der Waals surface area contributed by atoms with Crippen LogP contribution in [0.1, 0.15) is 19.8 Å². The summed E-state index contributed by atoms with van der Waals surface area (Å²) in [6, 6.07) is -0.155. The summed E-state index contributed by atoms with van der Waals surface area (Å²) in [6.07, 6.45) is 5.16. The first-order valence-electron chi connectivity index (χ1n) is 5.45. The van der Waals surface area contributed by atoms with Crippen LogP contribution in [0, 0.1) is 5.92 Å². The zero-order chi connectivity index (χ0) is 11.4. The predicted octanol–water partition coefficient (Wildman–Crippen LogP) is 0.198. The van der Waals surface area contributed by atoms with Crippen LogP contribution in [0.4, 0.5) is 5.95 Å². The lowest BCUT2D eigenvalue weighted by atomic mass is 9.92. The standard InChI is InChI=1S/C10H15N5O/c1-7-3-2-4-11-8(7)9(16)14-10-12-5-6-13-15-10/h5-8,11H,2-4H2,1H3,(H,12,14,15,16). The highest BCUT2D eigenvalue weighted by Gasteiger charge is 2.27. The van der Waals surface area contributed by atoms with Crippen molar-refractivity contribution in [1.29, 1.82) is 0 Å². The van der Waals surface area contributed by atoms with Gasteiger partial charge in [-0.3, -0.25) is 10.1 Å². The van der Waals surface area contributed by atoms with E-state index in [4.69, 9.17) is 0 Å². The van der Waals surface area contributed by atoms with Crippen LogP contribution in [0.25, 0.3) is 0 Å². The summed E-state index contributed by atoms with van der Waals surface area (Å²) in [6.45, 7) is 2.96. The van der Waals surface area contributed by atoms with Crippen LogP contribution in [0.2, 0.25) is 0 Å². The summed E-state index contributed by atoms with van der Waals surface area (Å²) in [5.74, 6) is 0.512. The summed E-state index contributed by atoms with van der Waals surface area (Å²) in [5.41, 5.74) is 0. The number of amides is 1. The van der Waals surface area contributed by atoms with Crippen molar-refractivity contribution in [3.63, 3.8) is 0 Å². The number of aromatic nitrogens is 3. The van der Waals surface area contributed by atoms with Crippen molar-refractivity contribution in [3.8, 4) is 0 Å². The Morgan fingerprint density at radius 2 is 2.44 bits per heavy atom. The van der Waals surface area contributed by atoms with E-state index in [1.54, 1.807) is 0 Å². The van der Waals surface area contributed by atoms with Crippen molar-refractivity contribution in [2.75, 3.05) is 11.9 Å².